The first-order chi connectivity index (χ1) is 16.4. The van der Waals surface area contributed by atoms with Gasteiger partial charge in [0.1, 0.15) is 11.4 Å². The Labute approximate surface area is 212 Å². The third kappa shape index (κ3) is 6.31. The van der Waals surface area contributed by atoms with Gasteiger partial charge in [0.05, 0.1) is 17.3 Å². The van der Waals surface area contributed by atoms with Gasteiger partial charge in [0, 0.05) is 6.54 Å². The largest absolute Gasteiger partial charge is 0.494 e. The maximum Gasteiger partial charge on any atom is 0.179 e. The van der Waals surface area contributed by atoms with E-state index < -0.39 is 15.4 Å². The van der Waals surface area contributed by atoms with E-state index in [9.17, 15) is 13.5 Å². The Morgan fingerprint density at radius 1 is 0.914 bits per heavy atom. The van der Waals surface area contributed by atoms with Gasteiger partial charge in [0.25, 0.3) is 0 Å². The molecule has 188 valence electrons. The van der Waals surface area contributed by atoms with E-state index in [0.717, 1.165) is 37.1 Å². The molecule has 4 rings (SSSR count). The summed E-state index contributed by atoms with van der Waals surface area (Å²) in [5.41, 5.74) is 0.730. The fourth-order valence-electron chi connectivity index (χ4n) is 4.89. The van der Waals surface area contributed by atoms with E-state index >= 15 is 0 Å². The smallest absolute Gasteiger partial charge is 0.179 e. The molecule has 0 aliphatic carbocycles. The fraction of sp³-hybridized carbons (Fsp3) is 0.357. The van der Waals surface area contributed by atoms with Crippen LogP contribution >= 0.6 is 9.90 Å². The zero-order valence-corrected chi connectivity index (χ0v) is 22.6. The molecule has 0 radical (unpaired) electrons. The van der Waals surface area contributed by atoms with Gasteiger partial charge in [0.2, 0.25) is 0 Å². The van der Waals surface area contributed by atoms with Gasteiger partial charge in [-0.2, -0.15) is 9.90 Å². The van der Waals surface area contributed by atoms with Crippen molar-refractivity contribution >= 4 is 19.7 Å². The molecule has 0 spiro atoms. The van der Waals surface area contributed by atoms with Crippen LogP contribution in [0.4, 0.5) is 0 Å². The molecule has 1 aliphatic heterocycles. The molecule has 1 atom stereocenters. The van der Waals surface area contributed by atoms with Crippen molar-refractivity contribution in [2.75, 3.05) is 32.0 Å². The molecule has 1 fully saturated rings. The number of aliphatic hydroxyl groups is 1. The lowest BCUT2D eigenvalue weighted by Crippen LogP contribution is -2.45. The molecule has 1 aliphatic rings. The molecule has 7 heteroatoms. The lowest BCUT2D eigenvalue weighted by molar-refractivity contribution is -0.0134. The standard InChI is InChI=1S/C28H33NO4S.H3P/c1-2-33-26-14-9-15-27(22-26)34(31,32)21-20-29-18-16-25(17-19-29)28(30,23-10-5-3-6-11-23)24-12-7-4-8-13-24;/h3-15,22,25,30H,2,16-21H2,1H3;1H3. The summed E-state index contributed by atoms with van der Waals surface area (Å²) < 4.78 is 31.3. The Morgan fingerprint density at radius 2 is 1.49 bits per heavy atom. The van der Waals surface area contributed by atoms with E-state index in [4.69, 9.17) is 4.74 Å². The topological polar surface area (TPSA) is 66.8 Å². The summed E-state index contributed by atoms with van der Waals surface area (Å²) in [5.74, 6) is 0.688. The lowest BCUT2D eigenvalue weighted by atomic mass is 9.72. The fourth-order valence-corrected chi connectivity index (χ4v) is 6.20. The van der Waals surface area contributed by atoms with Crippen LogP contribution in [0.1, 0.15) is 30.9 Å². The molecular formula is C28H36NO4PS. The lowest BCUT2D eigenvalue weighted by Gasteiger charge is -2.42. The molecule has 0 aromatic heterocycles. The summed E-state index contributed by atoms with van der Waals surface area (Å²) in [7, 11) is -3.40. The Balaban J connectivity index is 0.00000342. The average molecular weight is 514 g/mol. The Bertz CT molecular complexity index is 1120. The maximum absolute atomic E-state index is 12.9. The molecule has 5 nitrogen and oxygen atoms in total. The average Bonchev–Trinajstić information content (AvgIpc) is 2.89. The van der Waals surface area contributed by atoms with E-state index in [1.165, 1.54) is 0 Å². The first kappa shape index (κ1) is 27.3. The van der Waals surface area contributed by atoms with Crippen LogP contribution in [0.15, 0.2) is 89.8 Å². The predicted molar refractivity (Wildman–Crippen MR) is 146 cm³/mol. The van der Waals surface area contributed by atoms with Gasteiger partial charge >= 0.3 is 0 Å². The van der Waals surface area contributed by atoms with Crippen molar-refractivity contribution in [2.45, 2.75) is 30.3 Å². The second kappa shape index (κ2) is 12.1. The minimum Gasteiger partial charge on any atom is -0.494 e. The Morgan fingerprint density at radius 3 is 2.03 bits per heavy atom. The Kier molecular flexibility index (Phi) is 9.48. The molecule has 1 saturated heterocycles. The molecule has 1 N–H and O–H groups in total. The highest BCUT2D eigenvalue weighted by Crippen LogP contribution is 2.41. The SMILES string of the molecule is CCOc1cccc(S(=O)(=O)CCN2CCC(C(O)(c3ccccc3)c3ccccc3)CC2)c1.P. The van der Waals surface area contributed by atoms with Crippen LogP contribution in [0, 0.1) is 5.92 Å². The number of hydrogen-bond acceptors (Lipinski definition) is 5. The molecule has 35 heavy (non-hydrogen) atoms. The van der Waals surface area contributed by atoms with E-state index in [2.05, 4.69) is 4.90 Å². The summed E-state index contributed by atoms with van der Waals surface area (Å²) in [5, 5.41) is 12.0. The zero-order chi connectivity index (χ0) is 24.0. The van der Waals surface area contributed by atoms with Crippen molar-refractivity contribution in [3.63, 3.8) is 0 Å². The van der Waals surface area contributed by atoms with Gasteiger partial charge in [-0.15, -0.1) is 0 Å². The molecule has 3 aromatic rings. The summed E-state index contributed by atoms with van der Waals surface area (Å²) in [6.45, 7) is 4.35. The molecule has 0 bridgehead atoms. The van der Waals surface area contributed by atoms with Crippen molar-refractivity contribution in [3.8, 4) is 5.75 Å². The quantitative estimate of drug-likeness (QED) is 0.425. The van der Waals surface area contributed by atoms with Crippen molar-refractivity contribution in [3.05, 3.63) is 96.1 Å². The van der Waals surface area contributed by atoms with Crippen molar-refractivity contribution in [1.82, 2.24) is 4.90 Å². The van der Waals surface area contributed by atoms with Gasteiger partial charge in [-0.1, -0.05) is 66.7 Å². The van der Waals surface area contributed by atoms with Gasteiger partial charge in [-0.05, 0) is 68.1 Å². The minimum absolute atomic E-state index is 0. The van der Waals surface area contributed by atoms with Gasteiger partial charge in [-0.3, -0.25) is 0 Å². The summed E-state index contributed by atoms with van der Waals surface area (Å²) in [4.78, 5) is 2.49. The van der Waals surface area contributed by atoms with Gasteiger partial charge in [-0.25, -0.2) is 8.42 Å². The summed E-state index contributed by atoms with van der Waals surface area (Å²) >= 11 is 0. The number of sulfone groups is 1. The second-order valence-electron chi connectivity index (χ2n) is 8.84. The van der Waals surface area contributed by atoms with Gasteiger partial charge in [0.15, 0.2) is 9.84 Å². The summed E-state index contributed by atoms with van der Waals surface area (Å²) in [6.07, 6.45) is 1.58. The number of benzene rings is 3. The first-order valence-corrected chi connectivity index (χ1v) is 13.6. The maximum atomic E-state index is 12.9. The highest BCUT2D eigenvalue weighted by atomic mass is 32.2. The minimum atomic E-state index is -3.40. The molecule has 0 amide bonds. The Hall–Kier alpha value is -2.24. The van der Waals surface area contributed by atoms with E-state index in [1.54, 1.807) is 24.3 Å². The molecule has 3 aromatic carbocycles. The van der Waals surface area contributed by atoms with E-state index in [0.29, 0.717) is 23.8 Å². The monoisotopic (exact) mass is 513 g/mol. The number of piperidine rings is 1. The van der Waals surface area contributed by atoms with Crippen molar-refractivity contribution in [2.24, 2.45) is 5.92 Å². The van der Waals surface area contributed by atoms with Crippen LogP contribution in [-0.2, 0) is 15.4 Å². The second-order valence-corrected chi connectivity index (χ2v) is 11.0. The third-order valence-corrected chi connectivity index (χ3v) is 8.45. The van der Waals surface area contributed by atoms with Crippen LogP contribution in [-0.4, -0.2) is 50.4 Å². The van der Waals surface area contributed by atoms with Crippen LogP contribution in [0.3, 0.4) is 0 Å². The molecular weight excluding hydrogens is 477 g/mol. The zero-order valence-electron chi connectivity index (χ0n) is 20.3. The van der Waals surface area contributed by atoms with Crippen LogP contribution < -0.4 is 4.74 Å². The van der Waals surface area contributed by atoms with Crippen molar-refractivity contribution < 1.29 is 18.3 Å². The normalized spacial score (nSPS) is 15.4. The number of likely N-dealkylation sites (tertiary alicyclic amines) is 1. The molecule has 0 saturated carbocycles. The molecule has 1 unspecified atom stereocenters. The van der Waals surface area contributed by atoms with Crippen LogP contribution in [0.2, 0.25) is 0 Å². The van der Waals surface area contributed by atoms with Crippen molar-refractivity contribution in [1.29, 1.82) is 0 Å². The predicted octanol–water partition coefficient (Wildman–Crippen LogP) is 4.57. The van der Waals surface area contributed by atoms with E-state index in [1.807, 2.05) is 67.6 Å². The number of ether oxygens (including phenoxy) is 1. The summed E-state index contributed by atoms with van der Waals surface area (Å²) in [6, 6.07) is 26.4. The van der Waals surface area contributed by atoms with E-state index in [-0.39, 0.29) is 21.6 Å². The van der Waals surface area contributed by atoms with Crippen LogP contribution in [0.5, 0.6) is 5.75 Å². The number of hydrogen-bond donors (Lipinski definition) is 1. The first-order valence-electron chi connectivity index (χ1n) is 11.9. The van der Waals surface area contributed by atoms with Gasteiger partial charge < -0.3 is 14.7 Å². The van der Waals surface area contributed by atoms with Crippen LogP contribution in [0.25, 0.3) is 0 Å². The number of rotatable bonds is 9. The molecule has 1 heterocycles. The highest BCUT2D eigenvalue weighted by molar-refractivity contribution is 7.91. The number of nitrogens with zero attached hydrogens (tertiary/aromatic N) is 1. The highest BCUT2D eigenvalue weighted by Gasteiger charge is 2.41. The third-order valence-electron chi connectivity index (χ3n) is 6.76.